The molecule has 0 aliphatic carbocycles. The summed E-state index contributed by atoms with van der Waals surface area (Å²) >= 11 is 0. The Hall–Kier alpha value is -1.80. The molecule has 0 amide bonds. The molecule has 0 aromatic heterocycles. The first-order chi connectivity index (χ1) is 10.3. The fourth-order valence-electron chi connectivity index (χ4n) is 2.56. The molecule has 0 radical (unpaired) electrons. The molecule has 0 heterocycles. The largest absolute Gasteiger partial charge is 0.398 e. The van der Waals surface area contributed by atoms with Gasteiger partial charge >= 0.3 is 0 Å². The van der Waals surface area contributed by atoms with E-state index in [1.807, 2.05) is 12.1 Å². The van der Waals surface area contributed by atoms with Crippen molar-refractivity contribution in [2.24, 2.45) is 0 Å². The van der Waals surface area contributed by atoms with Gasteiger partial charge in [-0.15, -0.1) is 0 Å². The molecule has 0 aliphatic rings. The van der Waals surface area contributed by atoms with E-state index in [1.165, 1.54) is 30.4 Å². The zero-order valence-corrected chi connectivity index (χ0v) is 13.0. The second-order valence-corrected chi connectivity index (χ2v) is 5.60. The van der Waals surface area contributed by atoms with Crippen molar-refractivity contribution in [3.05, 3.63) is 65.7 Å². The standard InChI is InChI=1S/C19H26N2/c1-2-3-9-14-21(15-17-10-5-4-6-11-17)16-18-12-7-8-13-19(18)20/h4-8,10-13H,2-3,9,14-16,20H2,1H3. The molecule has 2 aromatic carbocycles. The van der Waals surface area contributed by atoms with Gasteiger partial charge < -0.3 is 5.73 Å². The molecule has 2 nitrogen and oxygen atoms in total. The van der Waals surface area contributed by atoms with Crippen LogP contribution in [0.5, 0.6) is 0 Å². The number of anilines is 1. The van der Waals surface area contributed by atoms with Gasteiger partial charge in [-0.05, 0) is 30.2 Å². The second kappa shape index (κ2) is 8.48. The summed E-state index contributed by atoms with van der Waals surface area (Å²) in [5, 5.41) is 0. The van der Waals surface area contributed by atoms with Crippen LogP contribution in [0.1, 0.15) is 37.3 Å². The third kappa shape index (κ3) is 5.24. The number of hydrogen-bond acceptors (Lipinski definition) is 2. The minimum Gasteiger partial charge on any atom is -0.398 e. The highest BCUT2D eigenvalue weighted by atomic mass is 15.1. The Morgan fingerprint density at radius 3 is 2.29 bits per heavy atom. The minimum absolute atomic E-state index is 0.894. The molecule has 0 atom stereocenters. The summed E-state index contributed by atoms with van der Waals surface area (Å²) < 4.78 is 0. The van der Waals surface area contributed by atoms with Gasteiger partial charge in [-0.3, -0.25) is 4.90 Å². The summed E-state index contributed by atoms with van der Waals surface area (Å²) in [5.74, 6) is 0. The third-order valence-electron chi connectivity index (χ3n) is 3.78. The van der Waals surface area contributed by atoms with Crippen molar-refractivity contribution in [1.82, 2.24) is 4.90 Å². The molecule has 2 aromatic rings. The summed E-state index contributed by atoms with van der Waals surface area (Å²) in [7, 11) is 0. The normalized spacial score (nSPS) is 11.0. The number of unbranched alkanes of at least 4 members (excludes halogenated alkanes) is 2. The van der Waals surface area contributed by atoms with Crippen molar-refractivity contribution in [3.8, 4) is 0 Å². The van der Waals surface area contributed by atoms with Gasteiger partial charge in [-0.2, -0.15) is 0 Å². The summed E-state index contributed by atoms with van der Waals surface area (Å²) in [5.41, 5.74) is 9.58. The van der Waals surface area contributed by atoms with E-state index in [2.05, 4.69) is 54.3 Å². The van der Waals surface area contributed by atoms with E-state index < -0.39 is 0 Å². The number of para-hydroxylation sites is 1. The third-order valence-corrected chi connectivity index (χ3v) is 3.78. The predicted octanol–water partition coefficient (Wildman–Crippen LogP) is 4.46. The first-order valence-electron chi connectivity index (χ1n) is 7.89. The first-order valence-corrected chi connectivity index (χ1v) is 7.89. The lowest BCUT2D eigenvalue weighted by Crippen LogP contribution is -2.24. The molecule has 0 spiro atoms. The molecule has 0 aliphatic heterocycles. The monoisotopic (exact) mass is 282 g/mol. The van der Waals surface area contributed by atoms with Crippen LogP contribution in [0.3, 0.4) is 0 Å². The SMILES string of the molecule is CCCCCN(Cc1ccccc1)Cc1ccccc1N. The fourth-order valence-corrected chi connectivity index (χ4v) is 2.56. The van der Waals surface area contributed by atoms with Gasteiger partial charge in [-0.1, -0.05) is 68.3 Å². The Morgan fingerprint density at radius 1 is 0.857 bits per heavy atom. The molecule has 2 heteroatoms. The van der Waals surface area contributed by atoms with Gasteiger partial charge in [0, 0.05) is 18.8 Å². The van der Waals surface area contributed by atoms with Crippen molar-refractivity contribution in [2.45, 2.75) is 39.3 Å². The highest BCUT2D eigenvalue weighted by molar-refractivity contribution is 5.46. The van der Waals surface area contributed by atoms with Crippen LogP contribution >= 0.6 is 0 Å². The van der Waals surface area contributed by atoms with E-state index in [-0.39, 0.29) is 0 Å². The van der Waals surface area contributed by atoms with Crippen LogP contribution < -0.4 is 5.73 Å². The maximum Gasteiger partial charge on any atom is 0.0359 e. The van der Waals surface area contributed by atoms with Crippen LogP contribution in [0.2, 0.25) is 0 Å². The van der Waals surface area contributed by atoms with Crippen LogP contribution in [0, 0.1) is 0 Å². The van der Waals surface area contributed by atoms with Crippen LogP contribution in [-0.2, 0) is 13.1 Å². The fraction of sp³-hybridized carbons (Fsp3) is 0.368. The van der Waals surface area contributed by atoms with Gasteiger partial charge in [0.1, 0.15) is 0 Å². The summed E-state index contributed by atoms with van der Waals surface area (Å²) in [6.07, 6.45) is 3.79. The quantitative estimate of drug-likeness (QED) is 0.572. The Kier molecular flexibility index (Phi) is 6.29. The number of nitrogens with two attached hydrogens (primary N) is 1. The van der Waals surface area contributed by atoms with Gasteiger partial charge in [0.25, 0.3) is 0 Å². The van der Waals surface area contributed by atoms with Crippen molar-refractivity contribution in [1.29, 1.82) is 0 Å². The maximum absolute atomic E-state index is 6.09. The number of hydrogen-bond donors (Lipinski definition) is 1. The topological polar surface area (TPSA) is 29.3 Å². The molecule has 0 saturated carbocycles. The number of rotatable bonds is 8. The van der Waals surface area contributed by atoms with Crippen LogP contribution in [0.4, 0.5) is 5.69 Å². The van der Waals surface area contributed by atoms with E-state index in [1.54, 1.807) is 0 Å². The molecule has 2 N–H and O–H groups in total. The highest BCUT2D eigenvalue weighted by Gasteiger charge is 2.08. The van der Waals surface area contributed by atoms with Crippen LogP contribution in [-0.4, -0.2) is 11.4 Å². The predicted molar refractivity (Wildman–Crippen MR) is 90.9 cm³/mol. The smallest absolute Gasteiger partial charge is 0.0359 e. The number of benzene rings is 2. The highest BCUT2D eigenvalue weighted by Crippen LogP contribution is 2.16. The zero-order chi connectivity index (χ0) is 14.9. The molecule has 0 unspecified atom stereocenters. The number of nitrogen functional groups attached to an aromatic ring is 1. The lowest BCUT2D eigenvalue weighted by Gasteiger charge is -2.23. The van der Waals surface area contributed by atoms with Gasteiger partial charge in [0.2, 0.25) is 0 Å². The van der Waals surface area contributed by atoms with E-state index in [4.69, 9.17) is 5.73 Å². The second-order valence-electron chi connectivity index (χ2n) is 5.60. The molecule has 112 valence electrons. The van der Waals surface area contributed by atoms with E-state index in [0.717, 1.165) is 25.3 Å². The van der Waals surface area contributed by atoms with Crippen molar-refractivity contribution < 1.29 is 0 Å². The molecule has 0 bridgehead atoms. The average Bonchev–Trinajstić information content (AvgIpc) is 2.51. The lowest BCUT2D eigenvalue weighted by atomic mass is 10.1. The van der Waals surface area contributed by atoms with Crippen LogP contribution in [0.15, 0.2) is 54.6 Å². The van der Waals surface area contributed by atoms with Gasteiger partial charge in [-0.25, -0.2) is 0 Å². The minimum atomic E-state index is 0.894. The lowest BCUT2D eigenvalue weighted by molar-refractivity contribution is 0.251. The van der Waals surface area contributed by atoms with Crippen molar-refractivity contribution >= 4 is 5.69 Å². The summed E-state index contributed by atoms with van der Waals surface area (Å²) in [6.45, 7) is 5.28. The van der Waals surface area contributed by atoms with E-state index in [0.29, 0.717) is 0 Å². The summed E-state index contributed by atoms with van der Waals surface area (Å²) in [4.78, 5) is 2.50. The van der Waals surface area contributed by atoms with E-state index in [9.17, 15) is 0 Å². The molecule has 21 heavy (non-hydrogen) atoms. The Morgan fingerprint density at radius 2 is 1.57 bits per heavy atom. The Labute approximate surface area is 128 Å². The summed E-state index contributed by atoms with van der Waals surface area (Å²) in [6, 6.07) is 18.9. The van der Waals surface area contributed by atoms with Crippen molar-refractivity contribution in [3.63, 3.8) is 0 Å². The molecular formula is C19H26N2. The van der Waals surface area contributed by atoms with Gasteiger partial charge in [0.15, 0.2) is 0 Å². The van der Waals surface area contributed by atoms with Gasteiger partial charge in [0.05, 0.1) is 0 Å². The maximum atomic E-state index is 6.09. The van der Waals surface area contributed by atoms with Crippen molar-refractivity contribution in [2.75, 3.05) is 12.3 Å². The first kappa shape index (κ1) is 15.6. The molecule has 2 rings (SSSR count). The number of nitrogens with zero attached hydrogens (tertiary/aromatic N) is 1. The molecule has 0 fully saturated rings. The Balaban J connectivity index is 2.03. The average molecular weight is 282 g/mol. The molecule has 0 saturated heterocycles. The van der Waals surface area contributed by atoms with E-state index >= 15 is 0 Å². The molecular weight excluding hydrogens is 256 g/mol. The Bertz CT molecular complexity index is 522. The zero-order valence-electron chi connectivity index (χ0n) is 13.0. The van der Waals surface area contributed by atoms with Crippen LogP contribution in [0.25, 0.3) is 0 Å².